The molecule has 120 valence electrons. The first kappa shape index (κ1) is 15.5. The zero-order chi connectivity index (χ0) is 16.2. The number of carbonyl (C=O) groups is 1. The van der Waals surface area contributed by atoms with Crippen LogP contribution in [0.1, 0.15) is 25.5 Å². The van der Waals surface area contributed by atoms with Gasteiger partial charge in [-0.05, 0) is 18.6 Å². The van der Waals surface area contributed by atoms with Crippen molar-refractivity contribution < 1.29 is 9.53 Å². The van der Waals surface area contributed by atoms with Crippen molar-refractivity contribution in [2.75, 3.05) is 13.7 Å². The molecule has 1 unspecified atom stereocenters. The zero-order valence-electron chi connectivity index (χ0n) is 13.5. The number of benzene rings is 1. The van der Waals surface area contributed by atoms with Crippen molar-refractivity contribution in [2.24, 2.45) is 0 Å². The van der Waals surface area contributed by atoms with E-state index >= 15 is 0 Å². The normalized spacial score (nSPS) is 17.0. The summed E-state index contributed by atoms with van der Waals surface area (Å²) in [4.78, 5) is 23.5. The first-order valence-corrected chi connectivity index (χ1v) is 7.98. The summed E-state index contributed by atoms with van der Waals surface area (Å²) in [6.07, 6.45) is 6.06. The number of methoxy groups -OCH3 is 1. The van der Waals surface area contributed by atoms with E-state index in [2.05, 4.69) is 29.0 Å². The summed E-state index contributed by atoms with van der Waals surface area (Å²) in [6, 6.07) is 7.91. The van der Waals surface area contributed by atoms with Gasteiger partial charge in [-0.15, -0.1) is 0 Å². The van der Waals surface area contributed by atoms with Gasteiger partial charge in [0.15, 0.2) is 0 Å². The summed E-state index contributed by atoms with van der Waals surface area (Å²) in [6.45, 7) is 2.80. The number of hydrogen-bond donors (Lipinski definition) is 0. The molecule has 2 aromatic rings. The van der Waals surface area contributed by atoms with E-state index in [4.69, 9.17) is 4.74 Å². The first-order valence-electron chi connectivity index (χ1n) is 7.98. The van der Waals surface area contributed by atoms with Gasteiger partial charge < -0.3 is 9.64 Å². The fourth-order valence-corrected chi connectivity index (χ4v) is 2.93. The smallest absolute Gasteiger partial charge is 0.235 e. The number of nitrogens with zero attached hydrogens (tertiary/aromatic N) is 3. The summed E-state index contributed by atoms with van der Waals surface area (Å²) in [7, 11) is 1.58. The molecule has 1 aliphatic rings. The van der Waals surface area contributed by atoms with Crippen molar-refractivity contribution in [1.29, 1.82) is 0 Å². The van der Waals surface area contributed by atoms with Crippen LogP contribution in [0, 0.1) is 0 Å². The van der Waals surface area contributed by atoms with E-state index in [-0.39, 0.29) is 11.9 Å². The lowest BCUT2D eigenvalue weighted by molar-refractivity contribution is -0.131. The number of para-hydroxylation sites is 2. The van der Waals surface area contributed by atoms with Crippen molar-refractivity contribution in [3.63, 3.8) is 0 Å². The van der Waals surface area contributed by atoms with E-state index < -0.39 is 0 Å². The van der Waals surface area contributed by atoms with Gasteiger partial charge in [-0.1, -0.05) is 31.2 Å². The molecule has 23 heavy (non-hydrogen) atoms. The van der Waals surface area contributed by atoms with Crippen LogP contribution >= 0.6 is 0 Å². The highest BCUT2D eigenvalue weighted by Gasteiger charge is 2.23. The molecule has 0 radical (unpaired) electrons. The fraction of sp³-hybridized carbons (Fsp3) is 0.389. The van der Waals surface area contributed by atoms with Crippen molar-refractivity contribution >= 4 is 16.9 Å². The standard InChI is InChI=1S/C18H21N3O2/c1-3-13-7-6-12-21(13)17(22)11-10-16-18(23-2)20-15-9-5-4-8-14(15)19-16/h4-9,13H,3,10-12H2,1-2H3. The molecule has 1 aromatic heterocycles. The minimum absolute atomic E-state index is 0.152. The summed E-state index contributed by atoms with van der Waals surface area (Å²) < 4.78 is 5.34. The Hall–Kier alpha value is -2.43. The fourth-order valence-electron chi connectivity index (χ4n) is 2.93. The van der Waals surface area contributed by atoms with Crippen LogP contribution in [0.15, 0.2) is 36.4 Å². The molecular formula is C18H21N3O2. The van der Waals surface area contributed by atoms with Crippen LogP contribution < -0.4 is 4.74 Å². The van der Waals surface area contributed by atoms with Gasteiger partial charge in [0.05, 0.1) is 24.2 Å². The van der Waals surface area contributed by atoms with Gasteiger partial charge in [0.1, 0.15) is 5.69 Å². The number of aromatic nitrogens is 2. The molecule has 1 aromatic carbocycles. The average Bonchev–Trinajstić information content (AvgIpc) is 3.07. The van der Waals surface area contributed by atoms with Gasteiger partial charge >= 0.3 is 0 Å². The van der Waals surface area contributed by atoms with Gasteiger partial charge in [0.2, 0.25) is 11.8 Å². The predicted molar refractivity (Wildman–Crippen MR) is 89.3 cm³/mol. The zero-order valence-corrected chi connectivity index (χ0v) is 13.5. The summed E-state index contributed by atoms with van der Waals surface area (Å²) >= 11 is 0. The van der Waals surface area contributed by atoms with Gasteiger partial charge in [0.25, 0.3) is 0 Å². The number of carbonyl (C=O) groups excluding carboxylic acids is 1. The Labute approximate surface area is 136 Å². The van der Waals surface area contributed by atoms with Crippen LogP contribution in [0.2, 0.25) is 0 Å². The number of aryl methyl sites for hydroxylation is 1. The van der Waals surface area contributed by atoms with Gasteiger partial charge in [0, 0.05) is 19.4 Å². The second-order valence-corrected chi connectivity index (χ2v) is 5.62. The minimum Gasteiger partial charge on any atom is -0.480 e. The van der Waals surface area contributed by atoms with Crippen molar-refractivity contribution in [3.8, 4) is 5.88 Å². The first-order chi connectivity index (χ1) is 11.2. The van der Waals surface area contributed by atoms with Gasteiger partial charge in [-0.25, -0.2) is 9.97 Å². The topological polar surface area (TPSA) is 55.3 Å². The number of fused-ring (bicyclic) bond motifs is 1. The molecule has 0 saturated carbocycles. The van der Waals surface area contributed by atoms with Crippen molar-refractivity contribution in [3.05, 3.63) is 42.1 Å². The van der Waals surface area contributed by atoms with Crippen LogP contribution in [0.25, 0.3) is 11.0 Å². The minimum atomic E-state index is 0.152. The monoisotopic (exact) mass is 311 g/mol. The number of rotatable bonds is 5. The second kappa shape index (κ2) is 6.77. The molecule has 5 nitrogen and oxygen atoms in total. The Morgan fingerprint density at radius 2 is 2.04 bits per heavy atom. The lowest BCUT2D eigenvalue weighted by Gasteiger charge is -2.23. The van der Waals surface area contributed by atoms with Crippen molar-refractivity contribution in [2.45, 2.75) is 32.2 Å². The number of ether oxygens (including phenoxy) is 1. The third-order valence-electron chi connectivity index (χ3n) is 4.17. The Morgan fingerprint density at radius 3 is 2.74 bits per heavy atom. The Balaban J connectivity index is 1.75. The quantitative estimate of drug-likeness (QED) is 0.797. The maximum atomic E-state index is 12.4. The lowest BCUT2D eigenvalue weighted by Crippen LogP contribution is -2.35. The molecule has 3 rings (SSSR count). The summed E-state index contributed by atoms with van der Waals surface area (Å²) in [5.74, 6) is 0.655. The van der Waals surface area contributed by atoms with Gasteiger partial charge in [-0.3, -0.25) is 4.79 Å². The maximum absolute atomic E-state index is 12.4. The van der Waals surface area contributed by atoms with Crippen LogP contribution in [-0.2, 0) is 11.2 Å². The molecule has 0 fully saturated rings. The average molecular weight is 311 g/mol. The highest BCUT2D eigenvalue weighted by Crippen LogP contribution is 2.21. The van der Waals surface area contributed by atoms with Crippen LogP contribution in [0.5, 0.6) is 5.88 Å². The van der Waals surface area contributed by atoms with Crippen LogP contribution in [-0.4, -0.2) is 40.5 Å². The third kappa shape index (κ3) is 3.18. The Bertz CT molecular complexity index is 742. The van der Waals surface area contributed by atoms with E-state index in [1.54, 1.807) is 7.11 Å². The highest BCUT2D eigenvalue weighted by molar-refractivity contribution is 5.78. The number of amides is 1. The third-order valence-corrected chi connectivity index (χ3v) is 4.17. The largest absolute Gasteiger partial charge is 0.480 e. The molecule has 1 amide bonds. The van der Waals surface area contributed by atoms with Crippen LogP contribution in [0.4, 0.5) is 0 Å². The van der Waals surface area contributed by atoms with E-state index in [1.165, 1.54) is 0 Å². The maximum Gasteiger partial charge on any atom is 0.235 e. The summed E-state index contributed by atoms with van der Waals surface area (Å²) in [5, 5.41) is 0. The highest BCUT2D eigenvalue weighted by atomic mass is 16.5. The Morgan fingerprint density at radius 1 is 1.30 bits per heavy atom. The molecule has 1 atom stereocenters. The molecule has 0 saturated heterocycles. The van der Waals surface area contributed by atoms with E-state index in [1.807, 2.05) is 29.2 Å². The van der Waals surface area contributed by atoms with Crippen LogP contribution in [0.3, 0.4) is 0 Å². The van der Waals surface area contributed by atoms with Crippen molar-refractivity contribution in [1.82, 2.24) is 14.9 Å². The summed E-state index contributed by atoms with van der Waals surface area (Å²) in [5.41, 5.74) is 2.36. The molecule has 0 spiro atoms. The van der Waals surface area contributed by atoms with E-state index in [0.717, 1.165) is 23.1 Å². The molecule has 2 heterocycles. The second-order valence-electron chi connectivity index (χ2n) is 5.62. The molecule has 0 N–H and O–H groups in total. The molecule has 0 aliphatic carbocycles. The number of hydrogen-bond acceptors (Lipinski definition) is 4. The molecule has 5 heteroatoms. The molecule has 1 aliphatic heterocycles. The van der Waals surface area contributed by atoms with E-state index in [9.17, 15) is 4.79 Å². The molecule has 0 bridgehead atoms. The lowest BCUT2D eigenvalue weighted by atomic mass is 10.1. The predicted octanol–water partition coefficient (Wildman–Crippen LogP) is 2.75. The van der Waals surface area contributed by atoms with E-state index in [0.29, 0.717) is 25.3 Å². The molecular weight excluding hydrogens is 290 g/mol. The van der Waals surface area contributed by atoms with Gasteiger partial charge in [-0.2, -0.15) is 0 Å². The Kier molecular flexibility index (Phi) is 4.55. The SMILES string of the molecule is CCC1C=CCN1C(=O)CCc1nc2ccccc2nc1OC.